The summed E-state index contributed by atoms with van der Waals surface area (Å²) in [5.41, 5.74) is 2.68. The average Bonchev–Trinajstić information content (AvgIpc) is 2.46. The molecule has 0 aliphatic rings. The Hall–Kier alpha value is -2.07. The normalized spacial score (nSPS) is 10.2. The van der Waals surface area contributed by atoms with E-state index in [1.165, 1.54) is 6.20 Å². The summed E-state index contributed by atoms with van der Waals surface area (Å²) in [7, 11) is 1.73. The quantitative estimate of drug-likeness (QED) is 0.910. The number of aromatic nitrogens is 1. The first-order valence-electron chi connectivity index (χ1n) is 6.28. The second-order valence-electron chi connectivity index (χ2n) is 4.41. The number of aryl methyl sites for hydroxylation is 1. The van der Waals surface area contributed by atoms with Crippen molar-refractivity contribution in [1.82, 2.24) is 10.3 Å². The Morgan fingerprint density at radius 1 is 1.35 bits per heavy atom. The molecule has 2 aromatic rings. The van der Waals surface area contributed by atoms with Gasteiger partial charge in [-0.2, -0.15) is 0 Å². The molecule has 104 valence electrons. The number of anilines is 1. The van der Waals surface area contributed by atoms with Crippen molar-refractivity contribution in [2.24, 2.45) is 0 Å². The Bertz CT molecular complexity index is 628. The molecule has 2 N–H and O–H groups in total. The molecule has 0 spiro atoms. The Balaban J connectivity index is 2.05. The standard InChI is InChI=1S/C15H16ClN3O/c1-10-5-3-4-6-11(10)8-19-15(20)12-7-13(16)14(17-2)18-9-12/h3-7,9H,8H2,1-2H3,(H,17,18)(H,19,20). The van der Waals surface area contributed by atoms with Gasteiger partial charge in [-0.1, -0.05) is 35.9 Å². The van der Waals surface area contributed by atoms with Gasteiger partial charge in [-0.05, 0) is 24.1 Å². The second kappa shape index (κ2) is 6.39. The molecule has 0 atom stereocenters. The number of pyridine rings is 1. The fourth-order valence-corrected chi connectivity index (χ4v) is 2.09. The van der Waals surface area contributed by atoms with Crippen LogP contribution in [-0.2, 0) is 6.54 Å². The Kier molecular flexibility index (Phi) is 4.58. The van der Waals surface area contributed by atoms with E-state index in [2.05, 4.69) is 15.6 Å². The smallest absolute Gasteiger partial charge is 0.253 e. The molecule has 0 unspecified atom stereocenters. The highest BCUT2D eigenvalue weighted by Crippen LogP contribution is 2.19. The third-order valence-electron chi connectivity index (χ3n) is 3.04. The predicted molar refractivity (Wildman–Crippen MR) is 81.1 cm³/mol. The lowest BCUT2D eigenvalue weighted by molar-refractivity contribution is 0.0950. The van der Waals surface area contributed by atoms with Crippen LogP contribution in [0.15, 0.2) is 36.5 Å². The van der Waals surface area contributed by atoms with Gasteiger partial charge in [0.25, 0.3) is 5.91 Å². The number of halogens is 1. The van der Waals surface area contributed by atoms with Crippen LogP contribution in [-0.4, -0.2) is 17.9 Å². The SMILES string of the molecule is CNc1ncc(C(=O)NCc2ccccc2C)cc1Cl. The predicted octanol–water partition coefficient (Wildman–Crippen LogP) is 3.02. The largest absolute Gasteiger partial charge is 0.372 e. The van der Waals surface area contributed by atoms with Crippen molar-refractivity contribution in [3.05, 3.63) is 58.2 Å². The fourth-order valence-electron chi connectivity index (χ4n) is 1.83. The van der Waals surface area contributed by atoms with Gasteiger partial charge in [0, 0.05) is 19.8 Å². The molecule has 0 radical (unpaired) electrons. The molecule has 0 fully saturated rings. The minimum Gasteiger partial charge on any atom is -0.372 e. The van der Waals surface area contributed by atoms with Gasteiger partial charge in [-0.25, -0.2) is 4.98 Å². The first-order chi connectivity index (χ1) is 9.61. The lowest BCUT2D eigenvalue weighted by Crippen LogP contribution is -2.23. The van der Waals surface area contributed by atoms with Crippen molar-refractivity contribution in [2.45, 2.75) is 13.5 Å². The molecular weight excluding hydrogens is 274 g/mol. The van der Waals surface area contributed by atoms with Crippen molar-refractivity contribution in [3.63, 3.8) is 0 Å². The molecule has 0 saturated carbocycles. The molecule has 5 heteroatoms. The van der Waals surface area contributed by atoms with Crippen LogP contribution >= 0.6 is 11.6 Å². The highest BCUT2D eigenvalue weighted by Gasteiger charge is 2.09. The summed E-state index contributed by atoms with van der Waals surface area (Å²) in [5, 5.41) is 6.14. The molecule has 2 rings (SSSR count). The molecule has 20 heavy (non-hydrogen) atoms. The van der Waals surface area contributed by atoms with E-state index in [1.807, 2.05) is 31.2 Å². The van der Waals surface area contributed by atoms with E-state index in [-0.39, 0.29) is 5.91 Å². The number of benzene rings is 1. The van der Waals surface area contributed by atoms with Gasteiger partial charge in [0.15, 0.2) is 0 Å². The van der Waals surface area contributed by atoms with E-state index in [4.69, 9.17) is 11.6 Å². The molecule has 4 nitrogen and oxygen atoms in total. The maximum Gasteiger partial charge on any atom is 0.253 e. The van der Waals surface area contributed by atoms with E-state index in [1.54, 1.807) is 13.1 Å². The molecule has 1 aromatic carbocycles. The van der Waals surface area contributed by atoms with Gasteiger partial charge in [-0.3, -0.25) is 4.79 Å². The molecule has 0 aliphatic heterocycles. The Morgan fingerprint density at radius 2 is 2.10 bits per heavy atom. The van der Waals surface area contributed by atoms with E-state index >= 15 is 0 Å². The van der Waals surface area contributed by atoms with E-state index in [0.29, 0.717) is 22.9 Å². The van der Waals surface area contributed by atoms with Crippen LogP contribution in [0.1, 0.15) is 21.5 Å². The zero-order chi connectivity index (χ0) is 14.5. The van der Waals surface area contributed by atoms with Gasteiger partial charge in [0.2, 0.25) is 0 Å². The van der Waals surface area contributed by atoms with E-state index in [9.17, 15) is 4.79 Å². The molecule has 0 saturated heterocycles. The topological polar surface area (TPSA) is 54.0 Å². The zero-order valence-electron chi connectivity index (χ0n) is 11.4. The van der Waals surface area contributed by atoms with Crippen LogP contribution in [0.4, 0.5) is 5.82 Å². The summed E-state index contributed by atoms with van der Waals surface area (Å²) in [4.78, 5) is 16.1. The van der Waals surface area contributed by atoms with Gasteiger partial charge in [0.05, 0.1) is 10.6 Å². The Labute approximate surface area is 123 Å². The van der Waals surface area contributed by atoms with Crippen LogP contribution in [0.25, 0.3) is 0 Å². The first-order valence-corrected chi connectivity index (χ1v) is 6.65. The molecular formula is C15H16ClN3O. The lowest BCUT2D eigenvalue weighted by Gasteiger charge is -2.09. The summed E-state index contributed by atoms with van der Waals surface area (Å²) in [5.74, 6) is 0.368. The fraction of sp³-hybridized carbons (Fsp3) is 0.200. The van der Waals surface area contributed by atoms with E-state index in [0.717, 1.165) is 11.1 Å². The van der Waals surface area contributed by atoms with Gasteiger partial charge < -0.3 is 10.6 Å². The maximum atomic E-state index is 12.1. The summed E-state index contributed by atoms with van der Waals surface area (Å²) >= 11 is 6.01. The number of nitrogens with zero attached hydrogens (tertiary/aromatic N) is 1. The van der Waals surface area contributed by atoms with Crippen molar-refractivity contribution >= 4 is 23.3 Å². The number of nitrogens with one attached hydrogen (secondary N) is 2. The minimum atomic E-state index is -0.190. The highest BCUT2D eigenvalue weighted by molar-refractivity contribution is 6.33. The van der Waals surface area contributed by atoms with Crippen molar-refractivity contribution in [2.75, 3.05) is 12.4 Å². The average molecular weight is 290 g/mol. The third kappa shape index (κ3) is 3.27. The third-order valence-corrected chi connectivity index (χ3v) is 3.33. The number of amides is 1. The Morgan fingerprint density at radius 3 is 2.75 bits per heavy atom. The maximum absolute atomic E-state index is 12.1. The van der Waals surface area contributed by atoms with Crippen molar-refractivity contribution < 1.29 is 4.79 Å². The minimum absolute atomic E-state index is 0.190. The summed E-state index contributed by atoms with van der Waals surface area (Å²) < 4.78 is 0. The second-order valence-corrected chi connectivity index (χ2v) is 4.82. The number of rotatable bonds is 4. The lowest BCUT2D eigenvalue weighted by atomic mass is 10.1. The van der Waals surface area contributed by atoms with Crippen LogP contribution in [0.3, 0.4) is 0 Å². The van der Waals surface area contributed by atoms with Crippen LogP contribution in [0.5, 0.6) is 0 Å². The van der Waals surface area contributed by atoms with Crippen LogP contribution < -0.4 is 10.6 Å². The molecule has 1 amide bonds. The van der Waals surface area contributed by atoms with Crippen LogP contribution in [0.2, 0.25) is 5.02 Å². The molecule has 1 aromatic heterocycles. The highest BCUT2D eigenvalue weighted by atomic mass is 35.5. The van der Waals surface area contributed by atoms with Crippen molar-refractivity contribution in [3.8, 4) is 0 Å². The first kappa shape index (κ1) is 14.3. The number of hydrogen-bond acceptors (Lipinski definition) is 3. The summed E-state index contributed by atoms with van der Waals surface area (Å²) in [6.07, 6.45) is 1.50. The number of hydrogen-bond donors (Lipinski definition) is 2. The van der Waals surface area contributed by atoms with Gasteiger partial charge in [-0.15, -0.1) is 0 Å². The summed E-state index contributed by atoms with van der Waals surface area (Å²) in [6, 6.07) is 9.54. The van der Waals surface area contributed by atoms with Crippen LogP contribution in [0, 0.1) is 6.92 Å². The molecule has 0 bridgehead atoms. The van der Waals surface area contributed by atoms with Gasteiger partial charge in [0.1, 0.15) is 5.82 Å². The summed E-state index contributed by atoms with van der Waals surface area (Å²) in [6.45, 7) is 2.50. The number of carbonyl (C=O) groups excluding carboxylic acids is 1. The zero-order valence-corrected chi connectivity index (χ0v) is 12.2. The molecule has 1 heterocycles. The monoisotopic (exact) mass is 289 g/mol. The van der Waals surface area contributed by atoms with Crippen molar-refractivity contribution in [1.29, 1.82) is 0 Å². The van der Waals surface area contributed by atoms with E-state index < -0.39 is 0 Å². The number of carbonyl (C=O) groups is 1. The van der Waals surface area contributed by atoms with Gasteiger partial charge >= 0.3 is 0 Å². The molecule has 0 aliphatic carbocycles.